The molecule has 77 heavy (non-hydrogen) atoms. The lowest BCUT2D eigenvalue weighted by Gasteiger charge is -2.32. The van der Waals surface area contributed by atoms with Gasteiger partial charge in [-0.1, -0.05) is 82.3 Å². The molecule has 0 spiro atoms. The summed E-state index contributed by atoms with van der Waals surface area (Å²) in [6, 6.07) is 8.13. The Labute approximate surface area is 446 Å². The van der Waals surface area contributed by atoms with Crippen molar-refractivity contribution in [3.63, 3.8) is 0 Å². The topological polar surface area (TPSA) is 357 Å². The number of aliphatic hydroxyl groups excluding tert-OH is 7. The predicted molar refractivity (Wildman–Crippen MR) is 276 cm³/mol. The van der Waals surface area contributed by atoms with E-state index in [1.54, 1.807) is 12.1 Å². The highest BCUT2D eigenvalue weighted by Gasteiger charge is 2.49. The number of aromatic hydroxyl groups is 1. The number of nitrogens with one attached hydrogen (secondary N) is 5. The molecule has 3 heterocycles. The third kappa shape index (κ3) is 15.5. The summed E-state index contributed by atoms with van der Waals surface area (Å²) in [4.78, 5) is 101. The molecule has 6 rings (SSSR count). The minimum Gasteiger partial charge on any atom is -0.508 e. The van der Waals surface area contributed by atoms with Crippen molar-refractivity contribution in [2.24, 2.45) is 5.92 Å². The molecule has 0 radical (unpaired) electrons. The fourth-order valence-electron chi connectivity index (χ4n) is 9.70. The van der Waals surface area contributed by atoms with E-state index < -0.39 is 146 Å². The highest BCUT2D eigenvalue weighted by atomic mass is 16.5. The number of benzene rings is 3. The minimum absolute atomic E-state index is 0.0314. The van der Waals surface area contributed by atoms with Crippen LogP contribution in [0.25, 0.3) is 11.1 Å². The number of amides is 7. The van der Waals surface area contributed by atoms with E-state index >= 15 is 0 Å². The van der Waals surface area contributed by atoms with Gasteiger partial charge in [0.05, 0.1) is 37.6 Å². The number of rotatable bonds is 16. The lowest BCUT2D eigenvalue weighted by atomic mass is 10.00. The molecule has 7 amide bonds. The molecule has 13 atom stereocenters. The third-order valence-corrected chi connectivity index (χ3v) is 14.2. The molecule has 0 aromatic heterocycles. The summed E-state index contributed by atoms with van der Waals surface area (Å²) in [7, 11) is 0. The van der Waals surface area contributed by atoms with E-state index in [0.717, 1.165) is 47.1 Å². The van der Waals surface area contributed by atoms with E-state index in [1.807, 2.05) is 24.3 Å². The molecule has 23 heteroatoms. The number of hydrogen-bond acceptors (Lipinski definition) is 16. The Morgan fingerprint density at radius 1 is 0.714 bits per heavy atom. The van der Waals surface area contributed by atoms with Crippen molar-refractivity contribution in [1.82, 2.24) is 36.4 Å². The normalized spacial score (nSPS) is 27.7. The maximum atomic E-state index is 14.4. The molecule has 3 aliphatic heterocycles. The molecule has 0 aliphatic carbocycles. The number of aliphatic hydroxyl groups is 7. The Morgan fingerprint density at radius 2 is 1.34 bits per heavy atom. The van der Waals surface area contributed by atoms with Gasteiger partial charge in [0.1, 0.15) is 53.9 Å². The summed E-state index contributed by atoms with van der Waals surface area (Å²) in [6.07, 6.45) is -5.69. The van der Waals surface area contributed by atoms with E-state index in [4.69, 9.17) is 4.74 Å². The molecule has 0 bridgehead atoms. The summed E-state index contributed by atoms with van der Waals surface area (Å²) in [5, 5.41) is 99.1. The lowest BCUT2D eigenvalue weighted by molar-refractivity contribution is -0.147. The second kappa shape index (κ2) is 27.5. The average Bonchev–Trinajstić information content (AvgIpc) is 3.96. The average molecular weight is 1080 g/mol. The van der Waals surface area contributed by atoms with Gasteiger partial charge >= 0.3 is 0 Å². The minimum atomic E-state index is -2.25. The summed E-state index contributed by atoms with van der Waals surface area (Å²) >= 11 is 0. The van der Waals surface area contributed by atoms with Gasteiger partial charge in [-0.3, -0.25) is 33.6 Å². The Hall–Kier alpha value is -6.73. The maximum absolute atomic E-state index is 14.4. The van der Waals surface area contributed by atoms with Crippen molar-refractivity contribution in [1.29, 1.82) is 0 Å². The van der Waals surface area contributed by atoms with Gasteiger partial charge in [0.25, 0.3) is 5.91 Å². The van der Waals surface area contributed by atoms with E-state index in [1.165, 1.54) is 62.6 Å². The van der Waals surface area contributed by atoms with Gasteiger partial charge in [-0.25, -0.2) is 0 Å². The summed E-state index contributed by atoms with van der Waals surface area (Å²) in [5.41, 5.74) is 1.93. The van der Waals surface area contributed by atoms with Crippen LogP contribution in [0.5, 0.6) is 11.5 Å². The van der Waals surface area contributed by atoms with Crippen LogP contribution >= 0.6 is 0 Å². The van der Waals surface area contributed by atoms with E-state index in [0.29, 0.717) is 17.9 Å². The van der Waals surface area contributed by atoms with Crippen molar-refractivity contribution in [2.75, 3.05) is 26.3 Å². The fraction of sp³-hybridized carbons (Fsp3) is 0.537. The lowest BCUT2D eigenvalue weighted by Crippen LogP contribution is -2.63. The monoisotopic (exact) mass is 1080 g/mol. The van der Waals surface area contributed by atoms with Crippen LogP contribution in [-0.4, -0.2) is 191 Å². The number of unbranched alkanes of at least 4 members (excludes halogenated alkanes) is 5. The van der Waals surface area contributed by atoms with Crippen LogP contribution in [0.4, 0.5) is 0 Å². The summed E-state index contributed by atoms with van der Waals surface area (Å²) in [5.74, 6) is -8.07. The fourth-order valence-corrected chi connectivity index (χ4v) is 9.70. The summed E-state index contributed by atoms with van der Waals surface area (Å²) in [6.45, 7) is 3.44. The molecule has 3 saturated heterocycles. The molecular weight excluding hydrogens is 1000 g/mol. The van der Waals surface area contributed by atoms with Gasteiger partial charge in [-0.15, -0.1) is 0 Å². The second-order valence-corrected chi connectivity index (χ2v) is 20.2. The highest BCUT2D eigenvalue weighted by Crippen LogP contribution is 2.27. The van der Waals surface area contributed by atoms with Crippen LogP contribution in [0.3, 0.4) is 0 Å². The largest absolute Gasteiger partial charge is 0.508 e. The zero-order valence-electron chi connectivity index (χ0n) is 43.4. The molecule has 13 N–H and O–H groups in total. The quantitative estimate of drug-likeness (QED) is 0.0742. The SMILES string of the molecule is CCCCCCCCOc1ccc(-c2ccc(C(=O)NC3C[C@@H](O)[C@@H](O)NC(=O)[C@@H]4[C@@H](O)[C@@H](C)CN4C(=O)[C@H](CO)NC(=O)[C@H]([C@H](O)Cc4ccc(O)cc4)NC(=O)[C@@H]4C[C@@H](O)CN4C(=O)[C@H]([C@@H](C)O)NC3=O)cc2)cc1. The first-order chi connectivity index (χ1) is 36.7. The molecule has 23 nitrogen and oxygen atoms in total. The van der Waals surface area contributed by atoms with Crippen molar-refractivity contribution in [3.8, 4) is 22.6 Å². The van der Waals surface area contributed by atoms with Crippen LogP contribution in [0, 0.1) is 5.92 Å². The van der Waals surface area contributed by atoms with Crippen LogP contribution < -0.4 is 31.3 Å². The molecule has 420 valence electrons. The maximum Gasteiger partial charge on any atom is 0.251 e. The number of nitrogens with zero attached hydrogens (tertiary/aromatic N) is 2. The Morgan fingerprint density at radius 3 is 1.97 bits per heavy atom. The number of fused-ring (bicyclic) bond motifs is 2. The number of phenols is 1. The van der Waals surface area contributed by atoms with Crippen molar-refractivity contribution >= 4 is 41.4 Å². The van der Waals surface area contributed by atoms with Gasteiger partial charge in [0, 0.05) is 43.8 Å². The zero-order valence-corrected chi connectivity index (χ0v) is 43.4. The van der Waals surface area contributed by atoms with E-state index in [9.17, 15) is 74.4 Å². The Balaban J connectivity index is 1.28. The first-order valence-corrected chi connectivity index (χ1v) is 26.1. The van der Waals surface area contributed by atoms with Gasteiger partial charge in [0.15, 0.2) is 6.23 Å². The van der Waals surface area contributed by atoms with Crippen molar-refractivity contribution in [3.05, 3.63) is 83.9 Å². The molecule has 3 aliphatic rings. The zero-order chi connectivity index (χ0) is 56.1. The van der Waals surface area contributed by atoms with Gasteiger partial charge in [0.2, 0.25) is 35.4 Å². The molecule has 3 aromatic carbocycles. The van der Waals surface area contributed by atoms with Crippen LogP contribution in [0.1, 0.15) is 88.1 Å². The Bertz CT molecular complexity index is 2500. The highest BCUT2D eigenvalue weighted by molar-refractivity contribution is 6.00. The van der Waals surface area contributed by atoms with Crippen LogP contribution in [-0.2, 0) is 35.2 Å². The van der Waals surface area contributed by atoms with Crippen molar-refractivity contribution in [2.45, 2.75) is 152 Å². The van der Waals surface area contributed by atoms with Gasteiger partial charge in [-0.2, -0.15) is 0 Å². The molecule has 0 saturated carbocycles. The van der Waals surface area contributed by atoms with Crippen LogP contribution in [0.15, 0.2) is 72.8 Å². The summed E-state index contributed by atoms with van der Waals surface area (Å²) < 4.78 is 5.91. The number of carbonyl (C=O) groups excluding carboxylic acids is 7. The smallest absolute Gasteiger partial charge is 0.251 e. The molecular formula is C54H73N7O16. The van der Waals surface area contributed by atoms with Gasteiger partial charge < -0.3 is 82.0 Å². The van der Waals surface area contributed by atoms with E-state index in [-0.39, 0.29) is 24.3 Å². The first kappa shape index (κ1) is 59.5. The predicted octanol–water partition coefficient (Wildman–Crippen LogP) is -1.30. The second-order valence-electron chi connectivity index (χ2n) is 20.2. The number of ether oxygens (including phenoxy) is 1. The van der Waals surface area contributed by atoms with Gasteiger partial charge in [-0.05, 0) is 66.4 Å². The standard InChI is InChI=1S/C54H73N7O16/c1-4-5-6-7-8-9-22-77-37-20-16-33(17-21-37)32-12-14-34(15-13-32)47(69)55-38-25-42(67)50(72)59-52(74)45-46(68)29(2)26-61(45)53(75)39(28-62)56-51(73)44(41(66)23-31-10-18-35(64)19-11-31)58-49(71)40-24-36(65)27-60(40)54(76)43(30(3)63)57-48(38)70/h10-21,29-30,36,38-46,50,62-68,72H,4-9,22-28H2,1-3H3,(H,55,69)(H,56,73)(H,57,70)(H,58,71)(H,59,74)/t29-,30+,36+,38?,39-,40-,41+,42+,43-,44-,45-,46-,50+/m0/s1. The van der Waals surface area contributed by atoms with Crippen LogP contribution in [0.2, 0.25) is 0 Å². The number of phenolic OH excluding ortho intramolecular Hbond substituents is 1. The molecule has 1 unspecified atom stereocenters. The molecule has 3 aromatic rings. The number of carbonyl (C=O) groups is 7. The Kier molecular flexibility index (Phi) is 21.3. The third-order valence-electron chi connectivity index (χ3n) is 14.2. The molecule has 3 fully saturated rings. The first-order valence-electron chi connectivity index (χ1n) is 26.1. The van der Waals surface area contributed by atoms with E-state index in [2.05, 4.69) is 33.5 Å². The van der Waals surface area contributed by atoms with Crippen molar-refractivity contribution < 1.29 is 79.2 Å². The number of hydrogen-bond donors (Lipinski definition) is 13.